The summed E-state index contributed by atoms with van der Waals surface area (Å²) in [6.45, 7) is 14.4. The van der Waals surface area contributed by atoms with Gasteiger partial charge in [0.1, 0.15) is 0 Å². The number of hydrogen-bond acceptors (Lipinski definition) is 2. The van der Waals surface area contributed by atoms with E-state index < -0.39 is 0 Å². The standard InChI is InChI=1S/C35H56N2O/c1-23(2)8-7-9-24(3)31-16-17-32-30-15-10-26-22-29(37-28-13-11-27(12-14-28)36-25(4)38)18-20-34(26,5)33(30)19-21-35(31,32)6/h11-14,23-24,26,29-33,37H,7-10,15-22H2,1-6H3,(H,36,38)/t24-,26?,29?,30?,31-,32?,33?,34+,35-/m1/s1. The van der Waals surface area contributed by atoms with Gasteiger partial charge in [-0.05, 0) is 134 Å². The second kappa shape index (κ2) is 11.2. The lowest BCUT2D eigenvalue weighted by molar-refractivity contribution is -0.115. The molecule has 1 amide bonds. The molecule has 5 unspecified atom stereocenters. The van der Waals surface area contributed by atoms with Crippen LogP contribution in [0.2, 0.25) is 0 Å². The highest BCUT2D eigenvalue weighted by molar-refractivity contribution is 5.88. The van der Waals surface area contributed by atoms with E-state index in [9.17, 15) is 4.79 Å². The molecule has 9 atom stereocenters. The highest BCUT2D eigenvalue weighted by Crippen LogP contribution is 2.68. The Labute approximate surface area is 233 Å². The lowest BCUT2D eigenvalue weighted by Crippen LogP contribution is -2.54. The number of benzene rings is 1. The van der Waals surface area contributed by atoms with E-state index in [2.05, 4.69) is 57.4 Å². The van der Waals surface area contributed by atoms with Gasteiger partial charge < -0.3 is 10.6 Å². The van der Waals surface area contributed by atoms with Gasteiger partial charge in [-0.25, -0.2) is 0 Å². The molecule has 0 spiro atoms. The van der Waals surface area contributed by atoms with E-state index >= 15 is 0 Å². The maximum Gasteiger partial charge on any atom is 0.221 e. The highest BCUT2D eigenvalue weighted by Gasteiger charge is 2.60. The monoisotopic (exact) mass is 520 g/mol. The van der Waals surface area contributed by atoms with Crippen molar-refractivity contribution in [1.29, 1.82) is 0 Å². The molecular weight excluding hydrogens is 464 g/mol. The highest BCUT2D eigenvalue weighted by atomic mass is 16.1. The number of hydrogen-bond donors (Lipinski definition) is 2. The first kappa shape index (κ1) is 28.0. The molecule has 0 saturated heterocycles. The largest absolute Gasteiger partial charge is 0.382 e. The molecule has 4 aliphatic rings. The minimum atomic E-state index is -0.0137. The van der Waals surface area contributed by atoms with E-state index in [1.54, 1.807) is 6.92 Å². The molecule has 1 aromatic carbocycles. The summed E-state index contributed by atoms with van der Waals surface area (Å²) in [6.07, 6.45) is 17.2. The molecule has 38 heavy (non-hydrogen) atoms. The van der Waals surface area contributed by atoms with Crippen molar-refractivity contribution in [2.24, 2.45) is 52.3 Å². The molecule has 1 aromatic rings. The second-order valence-electron chi connectivity index (χ2n) is 15.1. The Bertz CT molecular complexity index is 955. The summed E-state index contributed by atoms with van der Waals surface area (Å²) < 4.78 is 0. The quantitative estimate of drug-likeness (QED) is 0.358. The predicted octanol–water partition coefficient (Wildman–Crippen LogP) is 9.55. The molecule has 5 rings (SSSR count). The van der Waals surface area contributed by atoms with Gasteiger partial charge in [-0.15, -0.1) is 0 Å². The molecule has 0 aliphatic heterocycles. The van der Waals surface area contributed by atoms with Gasteiger partial charge in [0.15, 0.2) is 0 Å². The van der Waals surface area contributed by atoms with Crippen LogP contribution in [0.5, 0.6) is 0 Å². The van der Waals surface area contributed by atoms with Gasteiger partial charge in [0.2, 0.25) is 5.91 Å². The Hall–Kier alpha value is -1.51. The Kier molecular flexibility index (Phi) is 8.24. The second-order valence-corrected chi connectivity index (χ2v) is 15.1. The summed E-state index contributed by atoms with van der Waals surface area (Å²) in [7, 11) is 0. The van der Waals surface area contributed by atoms with Crippen LogP contribution in [0, 0.1) is 52.3 Å². The molecule has 4 aliphatic carbocycles. The summed E-state index contributed by atoms with van der Waals surface area (Å²) in [4.78, 5) is 11.3. The number of carbonyl (C=O) groups is 1. The fourth-order valence-electron chi connectivity index (χ4n) is 10.5. The molecule has 212 valence electrons. The van der Waals surface area contributed by atoms with Gasteiger partial charge in [0.05, 0.1) is 0 Å². The number of rotatable bonds is 8. The summed E-state index contributed by atoms with van der Waals surface area (Å²) in [5.41, 5.74) is 3.21. The van der Waals surface area contributed by atoms with E-state index in [1.807, 2.05) is 12.1 Å². The first-order valence-electron chi connectivity index (χ1n) is 16.2. The van der Waals surface area contributed by atoms with Crippen molar-refractivity contribution in [3.63, 3.8) is 0 Å². The fourth-order valence-corrected chi connectivity index (χ4v) is 10.5. The molecule has 4 fully saturated rings. The third-order valence-corrected chi connectivity index (χ3v) is 12.4. The topological polar surface area (TPSA) is 41.1 Å². The molecule has 2 N–H and O–H groups in total. The molecule has 3 heteroatoms. The van der Waals surface area contributed by atoms with Crippen LogP contribution in [-0.2, 0) is 4.79 Å². The number of nitrogens with one attached hydrogen (secondary N) is 2. The van der Waals surface area contributed by atoms with E-state index in [4.69, 9.17) is 0 Å². The van der Waals surface area contributed by atoms with E-state index in [1.165, 1.54) is 82.7 Å². The van der Waals surface area contributed by atoms with Gasteiger partial charge in [-0.2, -0.15) is 0 Å². The number of fused-ring (bicyclic) bond motifs is 5. The van der Waals surface area contributed by atoms with Crippen LogP contribution in [0.15, 0.2) is 24.3 Å². The minimum Gasteiger partial charge on any atom is -0.382 e. The molecular formula is C35H56N2O. The van der Waals surface area contributed by atoms with Crippen molar-refractivity contribution in [2.45, 2.75) is 125 Å². The summed E-state index contributed by atoms with van der Waals surface area (Å²) in [6, 6.07) is 8.85. The van der Waals surface area contributed by atoms with Gasteiger partial charge in [0.25, 0.3) is 0 Å². The number of anilines is 2. The Morgan fingerprint density at radius 1 is 0.868 bits per heavy atom. The summed E-state index contributed by atoms with van der Waals surface area (Å²) in [5.74, 6) is 6.48. The summed E-state index contributed by atoms with van der Waals surface area (Å²) in [5, 5.41) is 6.73. The van der Waals surface area contributed by atoms with E-state index in [-0.39, 0.29) is 5.91 Å². The van der Waals surface area contributed by atoms with Crippen molar-refractivity contribution >= 4 is 17.3 Å². The van der Waals surface area contributed by atoms with Crippen LogP contribution in [0.1, 0.15) is 119 Å². The SMILES string of the molecule is CC(=O)Nc1ccc(NC2CC[C@@]3(C)C(CCC4C3CC[C@@]3(C)C4CC[C@@H]3[C@H](C)CCCC(C)C)C2)cc1. The number of carbonyl (C=O) groups excluding carboxylic acids is 1. The molecule has 0 bridgehead atoms. The van der Waals surface area contributed by atoms with Crippen molar-refractivity contribution < 1.29 is 4.79 Å². The zero-order valence-corrected chi connectivity index (χ0v) is 25.3. The van der Waals surface area contributed by atoms with Crippen LogP contribution in [-0.4, -0.2) is 11.9 Å². The zero-order valence-electron chi connectivity index (χ0n) is 25.3. The van der Waals surface area contributed by atoms with Crippen LogP contribution in [0.25, 0.3) is 0 Å². The van der Waals surface area contributed by atoms with Crippen molar-refractivity contribution in [3.05, 3.63) is 24.3 Å². The fraction of sp³-hybridized carbons (Fsp3) is 0.800. The maximum atomic E-state index is 11.3. The number of amides is 1. The maximum absolute atomic E-state index is 11.3. The lowest BCUT2D eigenvalue weighted by Gasteiger charge is -2.61. The molecule has 3 nitrogen and oxygen atoms in total. The normalized spacial score (nSPS) is 39.1. The average molecular weight is 521 g/mol. The lowest BCUT2D eigenvalue weighted by atomic mass is 9.44. The molecule has 0 aromatic heterocycles. The Morgan fingerprint density at radius 2 is 1.55 bits per heavy atom. The first-order valence-corrected chi connectivity index (χ1v) is 16.2. The molecule has 4 saturated carbocycles. The van der Waals surface area contributed by atoms with Gasteiger partial charge in [-0.3, -0.25) is 4.79 Å². The predicted molar refractivity (Wildman–Crippen MR) is 161 cm³/mol. The van der Waals surface area contributed by atoms with Crippen LogP contribution < -0.4 is 10.6 Å². The Morgan fingerprint density at radius 3 is 2.26 bits per heavy atom. The third kappa shape index (κ3) is 5.42. The van der Waals surface area contributed by atoms with Crippen LogP contribution in [0.4, 0.5) is 11.4 Å². The average Bonchev–Trinajstić information content (AvgIpc) is 3.22. The Balaban J connectivity index is 1.20. The van der Waals surface area contributed by atoms with Crippen molar-refractivity contribution in [1.82, 2.24) is 0 Å². The van der Waals surface area contributed by atoms with Crippen molar-refractivity contribution in [3.8, 4) is 0 Å². The summed E-state index contributed by atoms with van der Waals surface area (Å²) >= 11 is 0. The van der Waals surface area contributed by atoms with E-state index in [0.29, 0.717) is 16.9 Å². The third-order valence-electron chi connectivity index (χ3n) is 12.4. The van der Waals surface area contributed by atoms with Gasteiger partial charge in [0, 0.05) is 24.3 Å². The van der Waals surface area contributed by atoms with Gasteiger partial charge in [-0.1, -0.05) is 53.9 Å². The van der Waals surface area contributed by atoms with Crippen LogP contribution in [0.3, 0.4) is 0 Å². The van der Waals surface area contributed by atoms with Gasteiger partial charge >= 0.3 is 0 Å². The van der Waals surface area contributed by atoms with Crippen LogP contribution >= 0.6 is 0 Å². The van der Waals surface area contributed by atoms with Crippen molar-refractivity contribution in [2.75, 3.05) is 10.6 Å². The smallest absolute Gasteiger partial charge is 0.221 e. The molecule has 0 heterocycles. The minimum absolute atomic E-state index is 0.0137. The zero-order chi connectivity index (χ0) is 27.1. The molecule has 0 radical (unpaired) electrons. The van der Waals surface area contributed by atoms with E-state index in [0.717, 1.165) is 47.1 Å². The first-order chi connectivity index (χ1) is 18.1.